The van der Waals surface area contributed by atoms with Crippen molar-refractivity contribution < 1.29 is 14.3 Å². The van der Waals surface area contributed by atoms with Crippen molar-refractivity contribution in [1.29, 1.82) is 0 Å². The van der Waals surface area contributed by atoms with E-state index in [2.05, 4.69) is 33.2 Å². The van der Waals surface area contributed by atoms with Crippen molar-refractivity contribution >= 4 is 34.1 Å². The summed E-state index contributed by atoms with van der Waals surface area (Å²) >= 11 is 0. The van der Waals surface area contributed by atoms with Crippen LogP contribution < -0.4 is 20.7 Å². The first-order valence-electron chi connectivity index (χ1n) is 13.9. The van der Waals surface area contributed by atoms with Crippen LogP contribution in [0.15, 0.2) is 91.1 Å². The number of nitrogens with two attached hydrogens (primary N) is 1. The fraction of sp³-hybridized carbons (Fsp3) is 0.176. The maximum atomic E-state index is 13.2. The minimum Gasteiger partial charge on any atom is -0.495 e. The van der Waals surface area contributed by atoms with E-state index in [1.54, 1.807) is 7.11 Å². The average Bonchev–Trinajstić information content (AvgIpc) is 3.45. The van der Waals surface area contributed by atoms with E-state index in [-0.39, 0.29) is 5.91 Å². The third-order valence-corrected chi connectivity index (χ3v) is 7.90. The Labute approximate surface area is 244 Å². The lowest BCUT2D eigenvalue weighted by Crippen LogP contribution is -2.44. The molecule has 5 aromatic rings. The highest BCUT2D eigenvalue weighted by atomic mass is 16.5. The summed E-state index contributed by atoms with van der Waals surface area (Å²) in [7, 11) is 3.79. The number of benzene rings is 4. The number of carbonyl (C=O) groups is 2. The second-order valence-corrected chi connectivity index (χ2v) is 10.6. The molecule has 0 bridgehead atoms. The predicted octanol–water partition coefficient (Wildman–Crippen LogP) is 5.61. The van der Waals surface area contributed by atoms with Crippen LogP contribution in [0, 0.1) is 0 Å². The lowest BCUT2D eigenvalue weighted by atomic mass is 9.96. The smallest absolute Gasteiger partial charge is 0.255 e. The van der Waals surface area contributed by atoms with Gasteiger partial charge in [0.1, 0.15) is 5.75 Å². The molecular weight excluding hydrogens is 526 g/mol. The SMILES string of the molecule is COc1ccc(NC(=O)c2ccc(-c3c[nH]c4c(C(N)=O)cc(-c5ccccc5)cc34)cc2)cc1N1CCN(C)CC1. The molecule has 0 radical (unpaired) electrons. The van der Waals surface area contributed by atoms with Crippen LogP contribution in [0.4, 0.5) is 11.4 Å². The van der Waals surface area contributed by atoms with E-state index < -0.39 is 5.91 Å². The van der Waals surface area contributed by atoms with E-state index in [1.165, 1.54) is 0 Å². The minimum atomic E-state index is -0.493. The highest BCUT2D eigenvalue weighted by molar-refractivity contribution is 6.11. The summed E-state index contributed by atoms with van der Waals surface area (Å²) in [5.41, 5.74) is 12.8. The molecule has 1 fully saturated rings. The number of aromatic amines is 1. The van der Waals surface area contributed by atoms with Crippen molar-refractivity contribution in [3.05, 3.63) is 102 Å². The number of anilines is 2. The van der Waals surface area contributed by atoms with E-state index in [4.69, 9.17) is 10.5 Å². The summed E-state index contributed by atoms with van der Waals surface area (Å²) < 4.78 is 5.61. The molecule has 212 valence electrons. The number of likely N-dealkylation sites (N-methyl/N-ethyl adjacent to an activating group) is 1. The maximum Gasteiger partial charge on any atom is 0.255 e. The van der Waals surface area contributed by atoms with Gasteiger partial charge in [-0.15, -0.1) is 0 Å². The number of ether oxygens (including phenoxy) is 1. The van der Waals surface area contributed by atoms with Gasteiger partial charge in [0.15, 0.2) is 0 Å². The zero-order valence-corrected chi connectivity index (χ0v) is 23.7. The van der Waals surface area contributed by atoms with E-state index in [0.717, 1.165) is 65.3 Å². The summed E-state index contributed by atoms with van der Waals surface area (Å²) in [5.74, 6) is 0.0976. The third kappa shape index (κ3) is 5.32. The number of carbonyl (C=O) groups excluding carboxylic acids is 2. The number of nitrogens with zero attached hydrogens (tertiary/aromatic N) is 2. The van der Waals surface area contributed by atoms with Crippen molar-refractivity contribution in [3.63, 3.8) is 0 Å². The van der Waals surface area contributed by atoms with Gasteiger partial charge < -0.3 is 30.6 Å². The van der Waals surface area contributed by atoms with Gasteiger partial charge in [0.05, 0.1) is 23.9 Å². The summed E-state index contributed by atoms with van der Waals surface area (Å²) in [4.78, 5) is 33.4. The second-order valence-electron chi connectivity index (χ2n) is 10.6. The van der Waals surface area contributed by atoms with Crippen molar-refractivity contribution in [2.24, 2.45) is 5.73 Å². The molecule has 0 aliphatic carbocycles. The van der Waals surface area contributed by atoms with Crippen molar-refractivity contribution in [2.45, 2.75) is 0 Å². The molecule has 1 aliphatic heterocycles. The van der Waals surface area contributed by atoms with Crippen LogP contribution in [0.2, 0.25) is 0 Å². The number of hydrogen-bond donors (Lipinski definition) is 3. The van der Waals surface area contributed by atoms with Crippen LogP contribution in [0.5, 0.6) is 5.75 Å². The zero-order chi connectivity index (χ0) is 29.2. The Morgan fingerprint density at radius 3 is 2.29 bits per heavy atom. The molecule has 4 aromatic carbocycles. The number of aromatic nitrogens is 1. The molecule has 42 heavy (non-hydrogen) atoms. The largest absolute Gasteiger partial charge is 0.495 e. The van der Waals surface area contributed by atoms with Gasteiger partial charge in [-0.05, 0) is 66.2 Å². The Bertz CT molecular complexity index is 1750. The monoisotopic (exact) mass is 559 g/mol. The summed E-state index contributed by atoms with van der Waals surface area (Å²) in [5, 5.41) is 3.92. The zero-order valence-electron chi connectivity index (χ0n) is 23.7. The molecule has 1 aromatic heterocycles. The van der Waals surface area contributed by atoms with Gasteiger partial charge in [-0.2, -0.15) is 0 Å². The summed E-state index contributed by atoms with van der Waals surface area (Å²) in [6.07, 6.45) is 1.87. The average molecular weight is 560 g/mol. The molecule has 0 saturated carbocycles. The number of hydrogen-bond acceptors (Lipinski definition) is 5. The Balaban J connectivity index is 1.26. The van der Waals surface area contributed by atoms with Crippen molar-refractivity contribution in [1.82, 2.24) is 9.88 Å². The Morgan fingerprint density at radius 1 is 0.857 bits per heavy atom. The van der Waals surface area contributed by atoms with Gasteiger partial charge in [0, 0.05) is 54.6 Å². The first-order valence-corrected chi connectivity index (χ1v) is 13.9. The van der Waals surface area contributed by atoms with Crippen LogP contribution in [0.3, 0.4) is 0 Å². The second kappa shape index (κ2) is 11.4. The van der Waals surface area contributed by atoms with E-state index in [1.807, 2.05) is 85.1 Å². The van der Waals surface area contributed by atoms with Gasteiger partial charge in [-0.1, -0.05) is 42.5 Å². The summed E-state index contributed by atoms with van der Waals surface area (Å²) in [6, 6.07) is 27.0. The lowest BCUT2D eigenvalue weighted by molar-refractivity contribution is 0.0999. The van der Waals surface area contributed by atoms with Gasteiger partial charge in [-0.3, -0.25) is 9.59 Å². The first-order chi connectivity index (χ1) is 20.4. The number of rotatable bonds is 7. The maximum absolute atomic E-state index is 13.2. The normalized spacial score (nSPS) is 13.7. The number of fused-ring (bicyclic) bond motifs is 1. The molecule has 4 N–H and O–H groups in total. The van der Waals surface area contributed by atoms with Crippen LogP contribution in [0.25, 0.3) is 33.2 Å². The van der Waals surface area contributed by atoms with Gasteiger partial charge in [-0.25, -0.2) is 0 Å². The van der Waals surface area contributed by atoms with Crippen molar-refractivity contribution in [2.75, 3.05) is 50.6 Å². The van der Waals surface area contributed by atoms with E-state index >= 15 is 0 Å². The van der Waals surface area contributed by atoms with Gasteiger partial charge in [0.25, 0.3) is 11.8 Å². The van der Waals surface area contributed by atoms with Crippen molar-refractivity contribution in [3.8, 4) is 28.0 Å². The highest BCUT2D eigenvalue weighted by Gasteiger charge is 2.19. The number of methoxy groups -OCH3 is 1. The number of H-pyrrole nitrogens is 1. The standard InChI is InChI=1S/C34H33N5O3/c1-38-14-16-39(17-15-38)30-20-26(12-13-31(30)42-2)37-34(41)24-10-8-23(9-11-24)29-21-36-32-27(29)18-25(19-28(32)33(35)40)22-6-4-3-5-7-22/h3-13,18-21,36H,14-17H2,1-2H3,(H2,35,40)(H,37,41). The van der Waals surface area contributed by atoms with Crippen LogP contribution >= 0.6 is 0 Å². The minimum absolute atomic E-state index is 0.197. The first kappa shape index (κ1) is 27.1. The molecule has 2 heterocycles. The van der Waals surface area contributed by atoms with E-state index in [9.17, 15) is 9.59 Å². The molecule has 0 unspecified atom stereocenters. The van der Waals surface area contributed by atoms with Gasteiger partial charge >= 0.3 is 0 Å². The Kier molecular flexibility index (Phi) is 7.37. The summed E-state index contributed by atoms with van der Waals surface area (Å²) in [6.45, 7) is 3.74. The fourth-order valence-corrected chi connectivity index (χ4v) is 5.53. The molecule has 0 atom stereocenters. The predicted molar refractivity (Wildman–Crippen MR) is 168 cm³/mol. The lowest BCUT2D eigenvalue weighted by Gasteiger charge is -2.34. The Hall–Kier alpha value is -5.08. The molecule has 8 nitrogen and oxygen atoms in total. The number of amides is 2. The number of nitrogens with one attached hydrogen (secondary N) is 2. The molecule has 1 aliphatic rings. The number of piperazine rings is 1. The Morgan fingerprint density at radius 2 is 1.60 bits per heavy atom. The molecule has 2 amide bonds. The molecule has 8 heteroatoms. The van der Waals surface area contributed by atoms with Gasteiger partial charge in [0.2, 0.25) is 0 Å². The molecule has 6 rings (SSSR count). The molecule has 0 spiro atoms. The molecule has 1 saturated heterocycles. The highest BCUT2D eigenvalue weighted by Crippen LogP contribution is 2.35. The topological polar surface area (TPSA) is 104 Å². The fourth-order valence-electron chi connectivity index (χ4n) is 5.53. The third-order valence-electron chi connectivity index (χ3n) is 7.90. The quantitative estimate of drug-likeness (QED) is 0.240. The van der Waals surface area contributed by atoms with E-state index in [0.29, 0.717) is 22.3 Å². The van der Waals surface area contributed by atoms with Crippen LogP contribution in [-0.4, -0.2) is 62.0 Å². The van der Waals surface area contributed by atoms with Crippen LogP contribution in [0.1, 0.15) is 20.7 Å². The molecular formula is C34H33N5O3. The number of primary amides is 1. The van der Waals surface area contributed by atoms with Crippen LogP contribution in [-0.2, 0) is 0 Å².